The third-order valence-electron chi connectivity index (χ3n) is 4.30. The topological polar surface area (TPSA) is 114 Å². The lowest BCUT2D eigenvalue weighted by Crippen LogP contribution is -2.42. The first-order chi connectivity index (χ1) is 13.0. The lowest BCUT2D eigenvalue weighted by molar-refractivity contribution is -0.119. The first-order valence-corrected chi connectivity index (χ1v) is 9.98. The van der Waals surface area contributed by atoms with Crippen LogP contribution in [0.2, 0.25) is 0 Å². The van der Waals surface area contributed by atoms with Gasteiger partial charge in [0.15, 0.2) is 10.9 Å². The molecule has 0 bridgehead atoms. The van der Waals surface area contributed by atoms with Gasteiger partial charge in [-0.2, -0.15) is 0 Å². The Bertz CT molecular complexity index is 950. The molecule has 0 radical (unpaired) electrons. The molecule has 0 aliphatic carbocycles. The molecular weight excluding hydrogens is 388 g/mol. The van der Waals surface area contributed by atoms with Crippen LogP contribution in [0.5, 0.6) is 0 Å². The van der Waals surface area contributed by atoms with Crippen LogP contribution in [0.4, 0.5) is 0 Å². The van der Waals surface area contributed by atoms with Gasteiger partial charge in [-0.15, -0.1) is 22.0 Å². The smallest absolute Gasteiger partial charge is 0.305 e. The van der Waals surface area contributed by atoms with E-state index in [2.05, 4.69) is 39.9 Å². The molecule has 0 saturated carbocycles. The fraction of sp³-hybridized carbons (Fsp3) is 0.312. The number of aliphatic imine (C=N–C) groups is 1. The number of hydrazine groups is 1. The summed E-state index contributed by atoms with van der Waals surface area (Å²) in [4.78, 5) is 29.5. The average molecular weight is 404 g/mol. The Kier molecular flexibility index (Phi) is 4.79. The van der Waals surface area contributed by atoms with Gasteiger partial charge in [0.25, 0.3) is 0 Å². The third kappa shape index (κ3) is 3.39. The van der Waals surface area contributed by atoms with Gasteiger partial charge in [-0.3, -0.25) is 30.0 Å². The average Bonchev–Trinajstić information content (AvgIpc) is 3.38. The van der Waals surface area contributed by atoms with Crippen molar-refractivity contribution in [1.82, 2.24) is 25.6 Å². The summed E-state index contributed by atoms with van der Waals surface area (Å²) >= 11 is 2.96. The van der Waals surface area contributed by atoms with Crippen molar-refractivity contribution in [3.05, 3.63) is 40.5 Å². The molecular formula is C16H16N6O3S2. The molecule has 0 aromatic carbocycles. The lowest BCUT2D eigenvalue weighted by Gasteiger charge is -2.21. The molecule has 9 nitrogen and oxygen atoms in total. The molecule has 0 saturated heterocycles. The highest BCUT2D eigenvalue weighted by molar-refractivity contribution is 8.04. The van der Waals surface area contributed by atoms with Gasteiger partial charge in [0.1, 0.15) is 11.2 Å². The van der Waals surface area contributed by atoms with Crippen molar-refractivity contribution in [1.29, 1.82) is 0 Å². The van der Waals surface area contributed by atoms with E-state index in [0.29, 0.717) is 5.16 Å². The van der Waals surface area contributed by atoms with Crippen LogP contribution >= 0.6 is 23.5 Å². The van der Waals surface area contributed by atoms with Crippen LogP contribution in [0.3, 0.4) is 0 Å². The van der Waals surface area contributed by atoms with Gasteiger partial charge in [-0.25, -0.2) is 0 Å². The monoisotopic (exact) mass is 404 g/mol. The normalized spacial score (nSPS) is 20.4. The number of hydrogen-bond acceptors (Lipinski definition) is 8. The van der Waals surface area contributed by atoms with Crippen LogP contribution in [-0.4, -0.2) is 44.0 Å². The van der Waals surface area contributed by atoms with Crippen molar-refractivity contribution in [3.63, 3.8) is 0 Å². The van der Waals surface area contributed by atoms with Gasteiger partial charge in [0, 0.05) is 0 Å². The number of carbonyl (C=O) groups is 2. The second kappa shape index (κ2) is 7.24. The summed E-state index contributed by atoms with van der Waals surface area (Å²) in [7, 11) is 0. The van der Waals surface area contributed by atoms with E-state index in [1.54, 1.807) is 24.2 Å². The summed E-state index contributed by atoms with van der Waals surface area (Å²) in [5.74, 6) is 0.252. The molecule has 4 heterocycles. The van der Waals surface area contributed by atoms with Crippen molar-refractivity contribution < 1.29 is 14.0 Å². The molecule has 0 spiro atoms. The van der Waals surface area contributed by atoms with Gasteiger partial charge >= 0.3 is 5.91 Å². The molecule has 2 unspecified atom stereocenters. The fourth-order valence-electron chi connectivity index (χ4n) is 2.81. The molecule has 2 N–H and O–H groups in total. The zero-order chi connectivity index (χ0) is 19.0. The molecule has 2 aliphatic rings. The van der Waals surface area contributed by atoms with E-state index in [9.17, 15) is 9.59 Å². The second-order valence-electron chi connectivity index (χ2n) is 5.97. The number of allylic oxidation sites excluding steroid dienone is 1. The fourth-order valence-corrected chi connectivity index (χ4v) is 4.78. The number of nitrogens with one attached hydrogen (secondary N) is 2. The molecule has 2 amide bonds. The summed E-state index contributed by atoms with van der Waals surface area (Å²) in [6, 6.07) is 3.10. The van der Waals surface area contributed by atoms with E-state index < -0.39 is 5.91 Å². The van der Waals surface area contributed by atoms with Crippen molar-refractivity contribution in [2.45, 2.75) is 30.3 Å². The Hall–Kier alpha value is -2.53. The number of rotatable bonds is 4. The Balaban J connectivity index is 1.36. The van der Waals surface area contributed by atoms with E-state index in [0.717, 1.165) is 5.82 Å². The minimum Gasteiger partial charge on any atom is -0.459 e. The van der Waals surface area contributed by atoms with Crippen molar-refractivity contribution in [2.75, 3.05) is 5.75 Å². The van der Waals surface area contributed by atoms with Crippen molar-refractivity contribution in [2.24, 2.45) is 4.99 Å². The Labute approximate surface area is 163 Å². The largest absolute Gasteiger partial charge is 0.459 e. The first kappa shape index (κ1) is 17.9. The van der Waals surface area contributed by atoms with E-state index >= 15 is 0 Å². The molecule has 11 heteroatoms. The van der Waals surface area contributed by atoms with Crippen LogP contribution in [0.1, 0.15) is 36.1 Å². The van der Waals surface area contributed by atoms with Gasteiger partial charge < -0.3 is 4.42 Å². The molecule has 2 atom stereocenters. The maximum absolute atomic E-state index is 12.0. The highest BCUT2D eigenvalue weighted by Crippen LogP contribution is 2.48. The first-order valence-electron chi connectivity index (χ1n) is 8.12. The highest BCUT2D eigenvalue weighted by Gasteiger charge is 2.38. The number of aromatic nitrogens is 3. The third-order valence-corrected chi connectivity index (χ3v) is 6.55. The van der Waals surface area contributed by atoms with E-state index in [4.69, 9.17) is 4.42 Å². The van der Waals surface area contributed by atoms with Crippen LogP contribution in [0.25, 0.3) is 0 Å². The zero-order valence-corrected chi connectivity index (χ0v) is 16.1. The number of fused-ring (bicyclic) bond motifs is 3. The van der Waals surface area contributed by atoms with Gasteiger partial charge in [-0.1, -0.05) is 17.3 Å². The van der Waals surface area contributed by atoms with E-state index in [1.807, 2.05) is 4.57 Å². The van der Waals surface area contributed by atoms with Gasteiger partial charge in [-0.05, 0) is 30.9 Å². The van der Waals surface area contributed by atoms with Gasteiger partial charge in [0.2, 0.25) is 5.91 Å². The molecule has 140 valence electrons. The SMILES string of the molecule is CC1=C(C)C2c3nnc(SCC(=O)NNC(=O)c4ccco4)n3C=NC2S1. The van der Waals surface area contributed by atoms with E-state index in [1.165, 1.54) is 34.6 Å². The van der Waals surface area contributed by atoms with Crippen LogP contribution in [0, 0.1) is 0 Å². The predicted molar refractivity (Wildman–Crippen MR) is 101 cm³/mol. The Morgan fingerprint density at radius 1 is 1.33 bits per heavy atom. The molecule has 4 rings (SSSR count). The minimum absolute atomic E-state index is 0.0705. The molecule has 2 aromatic rings. The molecule has 2 aromatic heterocycles. The van der Waals surface area contributed by atoms with Crippen LogP contribution in [-0.2, 0) is 4.79 Å². The van der Waals surface area contributed by atoms with Crippen molar-refractivity contribution >= 4 is 41.7 Å². The maximum Gasteiger partial charge on any atom is 0.305 e. The van der Waals surface area contributed by atoms with E-state index in [-0.39, 0.29) is 28.7 Å². The van der Waals surface area contributed by atoms with Crippen LogP contribution < -0.4 is 10.9 Å². The standard InChI is InChI=1S/C16H16N6O3S2/c1-8-9(2)27-15-12(8)13-19-21-16(22(13)7-17-15)26-6-11(23)18-20-14(24)10-4-3-5-25-10/h3-5,7,12,15H,6H2,1-2H3,(H,18,23)(H,20,24). The zero-order valence-electron chi connectivity index (χ0n) is 14.5. The second-order valence-corrected chi connectivity index (χ2v) is 8.24. The van der Waals surface area contributed by atoms with Crippen LogP contribution in [0.15, 0.2) is 43.4 Å². The Morgan fingerprint density at radius 3 is 2.96 bits per heavy atom. The summed E-state index contributed by atoms with van der Waals surface area (Å²) in [5.41, 5.74) is 5.89. The molecule has 0 fully saturated rings. The highest BCUT2D eigenvalue weighted by atomic mass is 32.2. The Morgan fingerprint density at radius 2 is 2.19 bits per heavy atom. The number of thioether (sulfide) groups is 2. The number of hydrogen-bond donors (Lipinski definition) is 2. The summed E-state index contributed by atoms with van der Waals surface area (Å²) < 4.78 is 6.77. The summed E-state index contributed by atoms with van der Waals surface area (Å²) in [6.07, 6.45) is 3.10. The summed E-state index contributed by atoms with van der Waals surface area (Å²) in [6.45, 7) is 4.18. The maximum atomic E-state index is 12.0. The van der Waals surface area contributed by atoms with Gasteiger partial charge in [0.05, 0.1) is 24.3 Å². The number of furan rings is 1. The number of amides is 2. The molecule has 27 heavy (non-hydrogen) atoms. The molecule has 2 aliphatic heterocycles. The summed E-state index contributed by atoms with van der Waals surface area (Å²) in [5, 5.41) is 9.20. The predicted octanol–water partition coefficient (Wildman–Crippen LogP) is 1.76. The lowest BCUT2D eigenvalue weighted by atomic mass is 9.99. The number of carbonyl (C=O) groups excluding carboxylic acids is 2. The number of nitrogens with zero attached hydrogens (tertiary/aromatic N) is 4. The van der Waals surface area contributed by atoms with Crippen molar-refractivity contribution in [3.8, 4) is 0 Å². The quantitative estimate of drug-likeness (QED) is 0.589. The minimum atomic E-state index is -0.521.